The summed E-state index contributed by atoms with van der Waals surface area (Å²) in [7, 11) is 1.54. The van der Waals surface area contributed by atoms with Crippen molar-refractivity contribution in [2.24, 2.45) is 16.7 Å². The molecule has 0 fully saturated rings. The number of hydrogen-bond acceptors (Lipinski definition) is 5. The lowest BCUT2D eigenvalue weighted by atomic mass is 10.3. The van der Waals surface area contributed by atoms with Crippen LogP contribution in [-0.4, -0.2) is 23.9 Å². The molecule has 0 aliphatic heterocycles. The highest BCUT2D eigenvalue weighted by Crippen LogP contribution is 2.23. The van der Waals surface area contributed by atoms with E-state index in [9.17, 15) is 4.79 Å². The van der Waals surface area contributed by atoms with Gasteiger partial charge in [-0.15, -0.1) is 0 Å². The largest absolute Gasteiger partial charge is 0.495 e. The van der Waals surface area contributed by atoms with Crippen LogP contribution >= 0.6 is 11.8 Å². The number of rotatable bonds is 4. The van der Waals surface area contributed by atoms with Crippen LogP contribution in [0.4, 0.5) is 5.69 Å². The van der Waals surface area contributed by atoms with E-state index in [0.717, 1.165) is 11.8 Å². The predicted octanol–water partition coefficient (Wildman–Crippen LogP) is 0.555. The molecule has 0 radical (unpaired) electrons. The maximum absolute atomic E-state index is 11.6. The number of benzene rings is 1. The highest BCUT2D eigenvalue weighted by molar-refractivity contribution is 8.14. The van der Waals surface area contributed by atoms with Gasteiger partial charge in [-0.1, -0.05) is 23.9 Å². The second-order valence-electron chi connectivity index (χ2n) is 3.00. The summed E-state index contributed by atoms with van der Waals surface area (Å²) in [5, 5.41) is 6.13. The van der Waals surface area contributed by atoms with Gasteiger partial charge < -0.3 is 21.6 Å². The van der Waals surface area contributed by atoms with E-state index in [0.29, 0.717) is 11.4 Å². The monoisotopic (exact) mass is 254 g/mol. The Kier molecular flexibility index (Phi) is 5.15. The molecule has 0 aromatic heterocycles. The zero-order valence-electron chi connectivity index (χ0n) is 9.34. The van der Waals surface area contributed by atoms with Crippen molar-refractivity contribution in [2.75, 3.05) is 18.2 Å². The minimum Gasteiger partial charge on any atom is -0.495 e. The van der Waals surface area contributed by atoms with E-state index >= 15 is 0 Å². The first-order chi connectivity index (χ1) is 8.17. The van der Waals surface area contributed by atoms with Gasteiger partial charge >= 0.3 is 0 Å². The molecule has 0 aliphatic rings. The van der Waals surface area contributed by atoms with Gasteiger partial charge in [-0.2, -0.15) is 5.10 Å². The minimum absolute atomic E-state index is 0.143. The summed E-state index contributed by atoms with van der Waals surface area (Å²) >= 11 is 1.07. The van der Waals surface area contributed by atoms with E-state index in [1.165, 1.54) is 0 Å². The predicted molar refractivity (Wildman–Crippen MR) is 69.9 cm³/mol. The van der Waals surface area contributed by atoms with Gasteiger partial charge in [0.05, 0.1) is 18.6 Å². The van der Waals surface area contributed by atoms with Crippen LogP contribution < -0.4 is 21.6 Å². The summed E-state index contributed by atoms with van der Waals surface area (Å²) in [5.74, 6) is 5.49. The van der Waals surface area contributed by atoms with Crippen molar-refractivity contribution < 1.29 is 9.53 Å². The quantitative estimate of drug-likeness (QED) is 0.315. The third kappa shape index (κ3) is 4.23. The van der Waals surface area contributed by atoms with Crippen LogP contribution in [0.25, 0.3) is 0 Å². The number of methoxy groups -OCH3 is 1. The lowest BCUT2D eigenvalue weighted by Crippen LogP contribution is -2.18. The fraction of sp³-hybridized carbons (Fsp3) is 0.200. The topological polar surface area (TPSA) is 103 Å². The molecular formula is C10H14N4O2S. The maximum Gasteiger partial charge on any atom is 0.234 e. The zero-order chi connectivity index (χ0) is 12.7. The van der Waals surface area contributed by atoms with Gasteiger partial charge in [0.25, 0.3) is 0 Å². The van der Waals surface area contributed by atoms with Gasteiger partial charge in [0.2, 0.25) is 5.91 Å². The molecule has 0 saturated heterocycles. The standard InChI is InChI=1S/C10H14N4O2S/c1-16-8-5-3-2-4-7(8)13-9(15)6-17-10(11)14-12/h2-5H,6,12H2,1H3,(H2,11,14)(H,13,15). The zero-order valence-corrected chi connectivity index (χ0v) is 10.2. The Morgan fingerprint density at radius 2 is 2.24 bits per heavy atom. The van der Waals surface area contributed by atoms with Crippen molar-refractivity contribution in [2.45, 2.75) is 0 Å². The van der Waals surface area contributed by atoms with Gasteiger partial charge in [-0.25, -0.2) is 0 Å². The van der Waals surface area contributed by atoms with Crippen molar-refractivity contribution in [1.29, 1.82) is 0 Å². The molecule has 1 amide bonds. The number of thioether (sulfide) groups is 1. The molecule has 7 heteroatoms. The minimum atomic E-state index is -0.203. The Morgan fingerprint density at radius 3 is 2.88 bits per heavy atom. The third-order valence-electron chi connectivity index (χ3n) is 1.86. The van der Waals surface area contributed by atoms with Crippen LogP contribution in [0, 0.1) is 0 Å². The number of ether oxygens (including phenoxy) is 1. The van der Waals surface area contributed by atoms with Crippen molar-refractivity contribution in [1.82, 2.24) is 0 Å². The lowest BCUT2D eigenvalue weighted by Gasteiger charge is -2.09. The molecule has 17 heavy (non-hydrogen) atoms. The Morgan fingerprint density at radius 1 is 1.53 bits per heavy atom. The Balaban J connectivity index is 2.56. The van der Waals surface area contributed by atoms with Gasteiger partial charge in [-0.05, 0) is 12.1 Å². The van der Waals surface area contributed by atoms with Crippen LogP contribution in [0.3, 0.4) is 0 Å². The van der Waals surface area contributed by atoms with E-state index < -0.39 is 0 Å². The molecule has 92 valence electrons. The van der Waals surface area contributed by atoms with Crippen molar-refractivity contribution in [3.8, 4) is 5.75 Å². The summed E-state index contributed by atoms with van der Waals surface area (Å²) in [6, 6.07) is 7.14. The average Bonchev–Trinajstić information content (AvgIpc) is 2.36. The molecule has 1 rings (SSSR count). The van der Waals surface area contributed by atoms with Crippen molar-refractivity contribution >= 4 is 28.5 Å². The SMILES string of the molecule is COc1ccccc1NC(=O)CSC(N)=NN. The molecule has 0 atom stereocenters. The summed E-state index contributed by atoms with van der Waals surface area (Å²) in [6.45, 7) is 0. The molecule has 0 heterocycles. The van der Waals surface area contributed by atoms with Gasteiger partial charge in [0.1, 0.15) is 5.75 Å². The number of anilines is 1. The Labute approximate surface area is 103 Å². The van der Waals surface area contributed by atoms with Crippen LogP contribution in [-0.2, 0) is 4.79 Å². The van der Waals surface area contributed by atoms with Crippen LogP contribution in [0.1, 0.15) is 0 Å². The normalized spacial score (nSPS) is 11.0. The fourth-order valence-corrected chi connectivity index (χ4v) is 1.54. The highest BCUT2D eigenvalue weighted by Gasteiger charge is 2.07. The molecule has 1 aromatic carbocycles. The van der Waals surface area contributed by atoms with Crippen LogP contribution in [0.5, 0.6) is 5.75 Å². The van der Waals surface area contributed by atoms with Gasteiger partial charge in [0.15, 0.2) is 5.17 Å². The number of hydrogen-bond donors (Lipinski definition) is 3. The molecule has 0 spiro atoms. The number of carbonyl (C=O) groups is 1. The Bertz CT molecular complexity index is 423. The molecular weight excluding hydrogens is 240 g/mol. The first-order valence-electron chi connectivity index (χ1n) is 4.76. The highest BCUT2D eigenvalue weighted by atomic mass is 32.2. The van der Waals surface area contributed by atoms with Crippen LogP contribution in [0.2, 0.25) is 0 Å². The number of para-hydroxylation sites is 2. The van der Waals surface area contributed by atoms with Crippen molar-refractivity contribution in [3.05, 3.63) is 24.3 Å². The molecule has 0 aliphatic carbocycles. The first-order valence-corrected chi connectivity index (χ1v) is 5.75. The van der Waals surface area contributed by atoms with Crippen molar-refractivity contribution in [3.63, 3.8) is 0 Å². The smallest absolute Gasteiger partial charge is 0.234 e. The number of carbonyl (C=O) groups excluding carboxylic acids is 1. The number of nitrogens with one attached hydrogen (secondary N) is 1. The lowest BCUT2D eigenvalue weighted by molar-refractivity contribution is -0.113. The van der Waals surface area contributed by atoms with E-state index in [-0.39, 0.29) is 16.8 Å². The molecule has 0 unspecified atom stereocenters. The number of amidine groups is 1. The van der Waals surface area contributed by atoms with E-state index in [2.05, 4.69) is 10.4 Å². The summed E-state index contributed by atoms with van der Waals surface area (Å²) < 4.78 is 5.10. The molecule has 5 N–H and O–H groups in total. The molecule has 1 aromatic rings. The molecule has 0 saturated carbocycles. The van der Waals surface area contributed by atoms with E-state index in [4.69, 9.17) is 16.3 Å². The van der Waals surface area contributed by atoms with Gasteiger partial charge in [-0.3, -0.25) is 4.79 Å². The summed E-state index contributed by atoms with van der Waals surface area (Å²) in [5.41, 5.74) is 5.97. The van der Waals surface area contributed by atoms with Crippen LogP contribution in [0.15, 0.2) is 29.4 Å². The van der Waals surface area contributed by atoms with E-state index in [1.54, 1.807) is 25.3 Å². The number of amides is 1. The second-order valence-corrected chi connectivity index (χ2v) is 4.00. The first kappa shape index (κ1) is 13.2. The maximum atomic E-state index is 11.6. The third-order valence-corrected chi connectivity index (χ3v) is 2.67. The molecule has 0 bridgehead atoms. The molecule has 6 nitrogen and oxygen atoms in total. The number of nitrogens with zero attached hydrogens (tertiary/aromatic N) is 1. The van der Waals surface area contributed by atoms with Gasteiger partial charge in [0, 0.05) is 0 Å². The van der Waals surface area contributed by atoms with E-state index in [1.807, 2.05) is 6.07 Å². The summed E-state index contributed by atoms with van der Waals surface area (Å²) in [6.07, 6.45) is 0. The number of nitrogens with two attached hydrogens (primary N) is 2. The second kappa shape index (κ2) is 6.64. The summed E-state index contributed by atoms with van der Waals surface area (Å²) in [4.78, 5) is 11.6. The Hall–Kier alpha value is -1.89. The fourth-order valence-electron chi connectivity index (χ4n) is 1.11. The number of hydrazone groups is 1. The average molecular weight is 254 g/mol.